The Hall–Kier alpha value is -0.880. The molecule has 0 fully saturated rings. The molecule has 1 aromatic rings. The fourth-order valence-corrected chi connectivity index (χ4v) is 2.14. The molecule has 0 aromatic heterocycles. The molecule has 0 unspecified atom stereocenters. The normalized spacial score (nSPS) is 9.80. The molecule has 0 atom stereocenters. The second kappa shape index (κ2) is 4.76. The van der Waals surface area contributed by atoms with E-state index in [-0.39, 0.29) is 16.1 Å². The molecule has 6 heteroatoms. The number of aromatic hydroxyl groups is 1. The molecule has 1 amide bonds. The predicted octanol–water partition coefficient (Wildman–Crippen LogP) is 2.24. The number of carbonyl (C=O) groups excluding carboxylic acids is 1. The van der Waals surface area contributed by atoms with E-state index in [1.54, 1.807) is 0 Å². The summed E-state index contributed by atoms with van der Waals surface area (Å²) in [5.74, 6) is -0.815. The summed E-state index contributed by atoms with van der Waals surface area (Å²) < 4.78 is 0.825. The van der Waals surface area contributed by atoms with Crippen LogP contribution in [0.5, 0.6) is 5.75 Å². The monoisotopic (exact) mass is 335 g/mol. The van der Waals surface area contributed by atoms with Crippen molar-refractivity contribution < 1.29 is 9.90 Å². The van der Waals surface area contributed by atoms with Crippen LogP contribution >= 0.6 is 31.9 Å². The van der Waals surface area contributed by atoms with E-state index in [9.17, 15) is 14.7 Å². The Balaban J connectivity index is 3.48. The SMILES string of the molecule is CC(=O)Nc1cc(Br)cc(Br)c(O)c1=O. The number of hydrogen-bond donors (Lipinski definition) is 2. The maximum absolute atomic E-state index is 11.6. The molecule has 1 aromatic carbocycles. The summed E-state index contributed by atoms with van der Waals surface area (Å²) in [5.41, 5.74) is -0.611. The predicted molar refractivity (Wildman–Crippen MR) is 64.1 cm³/mol. The fourth-order valence-electron chi connectivity index (χ4n) is 0.953. The molecule has 0 aliphatic heterocycles. The van der Waals surface area contributed by atoms with Crippen LogP contribution in [-0.2, 0) is 4.79 Å². The second-order valence-electron chi connectivity index (χ2n) is 2.79. The van der Waals surface area contributed by atoms with Gasteiger partial charge in [-0.05, 0) is 28.1 Å². The molecule has 0 saturated heterocycles. The molecule has 80 valence electrons. The van der Waals surface area contributed by atoms with Gasteiger partial charge in [-0.25, -0.2) is 0 Å². The van der Waals surface area contributed by atoms with Crippen LogP contribution in [0.25, 0.3) is 0 Å². The smallest absolute Gasteiger partial charge is 0.244 e. The van der Waals surface area contributed by atoms with E-state index in [1.807, 2.05) is 0 Å². The lowest BCUT2D eigenvalue weighted by Crippen LogP contribution is -2.13. The molecule has 0 bridgehead atoms. The largest absolute Gasteiger partial charge is 0.503 e. The Morgan fingerprint density at radius 2 is 2.00 bits per heavy atom. The number of hydrogen-bond acceptors (Lipinski definition) is 3. The van der Waals surface area contributed by atoms with Crippen molar-refractivity contribution in [1.82, 2.24) is 0 Å². The highest BCUT2D eigenvalue weighted by atomic mass is 79.9. The maximum atomic E-state index is 11.6. The van der Waals surface area contributed by atoms with Crippen LogP contribution in [0.3, 0.4) is 0 Å². The van der Waals surface area contributed by atoms with E-state index in [0.717, 1.165) is 0 Å². The number of halogens is 2. The van der Waals surface area contributed by atoms with Crippen molar-refractivity contribution in [3.8, 4) is 5.75 Å². The highest BCUT2D eigenvalue weighted by Gasteiger charge is 2.08. The van der Waals surface area contributed by atoms with Gasteiger partial charge in [-0.3, -0.25) is 9.59 Å². The van der Waals surface area contributed by atoms with Crippen molar-refractivity contribution >= 4 is 43.5 Å². The third-order valence-corrected chi connectivity index (χ3v) is 2.61. The average Bonchev–Trinajstić information content (AvgIpc) is 2.19. The second-order valence-corrected chi connectivity index (χ2v) is 4.56. The van der Waals surface area contributed by atoms with Crippen LogP contribution in [0.2, 0.25) is 0 Å². The van der Waals surface area contributed by atoms with Gasteiger partial charge in [0.2, 0.25) is 11.3 Å². The minimum atomic E-state index is -0.636. The van der Waals surface area contributed by atoms with Crippen LogP contribution in [0.1, 0.15) is 6.92 Å². The van der Waals surface area contributed by atoms with Gasteiger partial charge in [0.15, 0.2) is 5.75 Å². The summed E-state index contributed by atoms with van der Waals surface area (Å²) in [6.45, 7) is 1.28. The summed E-state index contributed by atoms with van der Waals surface area (Å²) in [5, 5.41) is 11.8. The number of carbonyl (C=O) groups is 1. The third-order valence-electron chi connectivity index (χ3n) is 1.54. The summed E-state index contributed by atoms with van der Waals surface area (Å²) in [6.07, 6.45) is 0. The van der Waals surface area contributed by atoms with E-state index in [4.69, 9.17) is 0 Å². The molecule has 0 saturated carbocycles. The van der Waals surface area contributed by atoms with E-state index in [0.29, 0.717) is 4.47 Å². The zero-order valence-corrected chi connectivity index (χ0v) is 10.8. The van der Waals surface area contributed by atoms with Gasteiger partial charge in [0.05, 0.1) is 10.2 Å². The van der Waals surface area contributed by atoms with E-state index in [1.165, 1.54) is 19.1 Å². The van der Waals surface area contributed by atoms with Crippen molar-refractivity contribution in [2.75, 3.05) is 5.32 Å². The van der Waals surface area contributed by atoms with Crippen LogP contribution < -0.4 is 10.7 Å². The minimum Gasteiger partial charge on any atom is -0.503 e. The van der Waals surface area contributed by atoms with Gasteiger partial charge in [0, 0.05) is 11.4 Å². The van der Waals surface area contributed by atoms with Gasteiger partial charge in [-0.2, -0.15) is 0 Å². The standard InChI is InChI=1S/C9H7Br2NO3/c1-4(13)12-7-3-5(10)2-6(11)8(14)9(7)15/h2-3H,1H3,(H2,12,13,14,15). The molecule has 4 nitrogen and oxygen atoms in total. The van der Waals surface area contributed by atoms with E-state index in [2.05, 4.69) is 37.2 Å². The molecular formula is C9H7Br2NO3. The lowest BCUT2D eigenvalue weighted by Gasteiger charge is -1.97. The number of amides is 1. The van der Waals surface area contributed by atoms with Crippen LogP contribution in [-0.4, -0.2) is 11.0 Å². The highest BCUT2D eigenvalue weighted by Crippen LogP contribution is 2.24. The first-order chi connectivity index (χ1) is 6.91. The molecule has 0 heterocycles. The Kier molecular flexibility index (Phi) is 3.87. The molecular weight excluding hydrogens is 330 g/mol. The molecule has 0 aliphatic rings. The summed E-state index contributed by atoms with van der Waals surface area (Å²) >= 11 is 6.20. The number of nitrogens with one attached hydrogen (secondary N) is 1. The van der Waals surface area contributed by atoms with Crippen molar-refractivity contribution in [2.45, 2.75) is 6.92 Å². The van der Waals surface area contributed by atoms with Gasteiger partial charge in [-0.1, -0.05) is 15.9 Å². The van der Waals surface area contributed by atoms with Gasteiger partial charge in [-0.15, -0.1) is 0 Å². The van der Waals surface area contributed by atoms with Crippen LogP contribution in [0.15, 0.2) is 25.9 Å². The third kappa shape index (κ3) is 3.04. The average molecular weight is 337 g/mol. The summed E-state index contributed by atoms with van der Waals surface area (Å²) in [6, 6.07) is 2.94. The van der Waals surface area contributed by atoms with Gasteiger partial charge in [0.1, 0.15) is 0 Å². The van der Waals surface area contributed by atoms with E-state index >= 15 is 0 Å². The van der Waals surface area contributed by atoms with E-state index < -0.39 is 11.2 Å². The maximum Gasteiger partial charge on any atom is 0.244 e. The zero-order valence-electron chi connectivity index (χ0n) is 7.67. The lowest BCUT2D eigenvalue weighted by molar-refractivity contribution is -0.114. The number of anilines is 1. The Morgan fingerprint density at radius 1 is 1.40 bits per heavy atom. The van der Waals surface area contributed by atoms with Gasteiger partial charge < -0.3 is 10.4 Å². The Bertz CT molecular complexity index is 474. The first-order valence-electron chi connectivity index (χ1n) is 3.91. The zero-order chi connectivity index (χ0) is 11.6. The first kappa shape index (κ1) is 12.2. The molecule has 15 heavy (non-hydrogen) atoms. The van der Waals surface area contributed by atoms with Crippen LogP contribution in [0, 0.1) is 0 Å². The lowest BCUT2D eigenvalue weighted by atomic mass is 10.4. The molecule has 0 aliphatic carbocycles. The quantitative estimate of drug-likeness (QED) is 0.826. The molecule has 2 N–H and O–H groups in total. The molecule has 1 rings (SSSR count). The Morgan fingerprint density at radius 3 is 2.53 bits per heavy atom. The van der Waals surface area contributed by atoms with Crippen molar-refractivity contribution in [3.05, 3.63) is 31.3 Å². The van der Waals surface area contributed by atoms with Crippen LogP contribution in [0.4, 0.5) is 5.69 Å². The summed E-state index contributed by atoms with van der Waals surface area (Å²) in [4.78, 5) is 22.4. The molecule has 0 spiro atoms. The highest BCUT2D eigenvalue weighted by molar-refractivity contribution is 9.11. The Labute approximate surface area is 103 Å². The van der Waals surface area contributed by atoms with Gasteiger partial charge >= 0.3 is 0 Å². The topological polar surface area (TPSA) is 66.4 Å². The van der Waals surface area contributed by atoms with Crippen molar-refractivity contribution in [1.29, 1.82) is 0 Å². The minimum absolute atomic E-state index is 0.0255. The fraction of sp³-hybridized carbons (Fsp3) is 0.111. The van der Waals surface area contributed by atoms with Crippen molar-refractivity contribution in [2.24, 2.45) is 0 Å². The molecule has 0 radical (unpaired) electrons. The van der Waals surface area contributed by atoms with Crippen molar-refractivity contribution in [3.63, 3.8) is 0 Å². The van der Waals surface area contributed by atoms with Gasteiger partial charge in [0.25, 0.3) is 0 Å². The summed E-state index contributed by atoms with van der Waals surface area (Å²) in [7, 11) is 0. The number of rotatable bonds is 1. The first-order valence-corrected chi connectivity index (χ1v) is 5.50.